The number of carbonyl (C=O) groups is 1. The molecule has 2 aliphatic rings. The van der Waals surface area contributed by atoms with Gasteiger partial charge in [0, 0.05) is 0 Å². The first-order valence-electron chi connectivity index (χ1n) is 7.32. The topological polar surface area (TPSA) is 32.8 Å². The Kier molecular flexibility index (Phi) is 5.45. The van der Waals surface area contributed by atoms with Gasteiger partial charge in [0.2, 0.25) is 0 Å². The molecular formula is C14H26N2O2. The van der Waals surface area contributed by atoms with Gasteiger partial charge in [-0.1, -0.05) is 0 Å². The zero-order valence-corrected chi connectivity index (χ0v) is 11.6. The number of hydrogen-bond donors (Lipinski definition) is 0. The number of likely N-dealkylation sites (tertiary alicyclic amines) is 2. The number of piperidine rings is 1. The van der Waals surface area contributed by atoms with Crippen LogP contribution in [0.4, 0.5) is 0 Å². The Morgan fingerprint density at radius 2 is 1.61 bits per heavy atom. The summed E-state index contributed by atoms with van der Waals surface area (Å²) in [7, 11) is 1.49. The molecule has 0 bridgehead atoms. The van der Waals surface area contributed by atoms with Crippen LogP contribution in [0, 0.1) is 5.92 Å². The molecule has 0 aromatic rings. The van der Waals surface area contributed by atoms with Crippen molar-refractivity contribution in [3.05, 3.63) is 0 Å². The highest BCUT2D eigenvalue weighted by molar-refractivity contribution is 5.72. The van der Waals surface area contributed by atoms with E-state index in [0.29, 0.717) is 0 Å². The molecule has 0 saturated carbocycles. The predicted molar refractivity (Wildman–Crippen MR) is 71.5 cm³/mol. The average Bonchev–Trinajstić information content (AvgIpc) is 2.92. The number of ether oxygens (including phenoxy) is 1. The van der Waals surface area contributed by atoms with Crippen LogP contribution < -0.4 is 0 Å². The minimum Gasteiger partial charge on any atom is -0.469 e. The van der Waals surface area contributed by atoms with Gasteiger partial charge >= 0.3 is 5.97 Å². The number of hydrogen-bond acceptors (Lipinski definition) is 4. The van der Waals surface area contributed by atoms with Crippen LogP contribution in [-0.4, -0.2) is 62.1 Å². The summed E-state index contributed by atoms with van der Waals surface area (Å²) in [6.07, 6.45) is 5.96. The number of carbonyl (C=O) groups excluding carboxylic acids is 1. The fraction of sp³-hybridized carbons (Fsp3) is 0.929. The first-order valence-corrected chi connectivity index (χ1v) is 7.32. The summed E-state index contributed by atoms with van der Waals surface area (Å²) >= 11 is 0. The monoisotopic (exact) mass is 254 g/mol. The number of methoxy groups -OCH3 is 1. The van der Waals surface area contributed by atoms with Crippen LogP contribution in [-0.2, 0) is 9.53 Å². The van der Waals surface area contributed by atoms with E-state index < -0.39 is 0 Å². The lowest BCUT2D eigenvalue weighted by Gasteiger charge is -2.31. The zero-order chi connectivity index (χ0) is 12.8. The molecule has 104 valence electrons. The number of rotatable bonds is 5. The van der Waals surface area contributed by atoms with E-state index in [4.69, 9.17) is 4.74 Å². The molecule has 4 heteroatoms. The molecule has 2 saturated heterocycles. The normalized spacial score (nSPS) is 23.4. The van der Waals surface area contributed by atoms with Crippen LogP contribution in [0.2, 0.25) is 0 Å². The van der Waals surface area contributed by atoms with Gasteiger partial charge < -0.3 is 14.5 Å². The molecule has 0 radical (unpaired) electrons. The Morgan fingerprint density at radius 1 is 1.06 bits per heavy atom. The maximum Gasteiger partial charge on any atom is 0.308 e. The molecule has 0 atom stereocenters. The molecule has 2 rings (SSSR count). The maximum absolute atomic E-state index is 11.4. The van der Waals surface area contributed by atoms with Gasteiger partial charge in [0.15, 0.2) is 0 Å². The number of nitrogens with zero attached hydrogens (tertiary/aromatic N) is 2. The fourth-order valence-electron chi connectivity index (χ4n) is 3.08. The standard InChI is InChI=1S/C14H26N2O2/c1-18-14(17)13-5-11-16(12-6-13)10-4-9-15-7-2-3-8-15/h13H,2-12H2,1H3. The van der Waals surface area contributed by atoms with Crippen molar-refractivity contribution in [2.24, 2.45) is 5.92 Å². The van der Waals surface area contributed by atoms with E-state index in [0.717, 1.165) is 25.9 Å². The third kappa shape index (κ3) is 3.95. The highest BCUT2D eigenvalue weighted by Gasteiger charge is 2.25. The molecule has 2 heterocycles. The van der Waals surface area contributed by atoms with Crippen LogP contribution in [0.5, 0.6) is 0 Å². The summed E-state index contributed by atoms with van der Waals surface area (Å²) in [4.78, 5) is 16.5. The molecule has 2 aliphatic heterocycles. The van der Waals surface area contributed by atoms with Crippen molar-refractivity contribution in [2.45, 2.75) is 32.1 Å². The summed E-state index contributed by atoms with van der Waals surface area (Å²) < 4.78 is 4.81. The Labute approximate surface area is 110 Å². The first kappa shape index (κ1) is 13.8. The van der Waals surface area contributed by atoms with Gasteiger partial charge in [-0.05, 0) is 71.4 Å². The lowest BCUT2D eigenvalue weighted by molar-refractivity contribution is -0.147. The molecule has 0 aromatic carbocycles. The molecular weight excluding hydrogens is 228 g/mol. The third-order valence-corrected chi connectivity index (χ3v) is 4.27. The van der Waals surface area contributed by atoms with E-state index in [9.17, 15) is 4.79 Å². The van der Waals surface area contributed by atoms with E-state index in [1.165, 1.54) is 52.6 Å². The second-order valence-corrected chi connectivity index (χ2v) is 5.54. The smallest absolute Gasteiger partial charge is 0.308 e. The lowest BCUT2D eigenvalue weighted by atomic mass is 9.97. The van der Waals surface area contributed by atoms with Gasteiger partial charge in [-0.15, -0.1) is 0 Å². The molecule has 0 aromatic heterocycles. The second-order valence-electron chi connectivity index (χ2n) is 5.54. The lowest BCUT2D eigenvalue weighted by Crippen LogP contribution is -2.38. The zero-order valence-electron chi connectivity index (χ0n) is 11.6. The van der Waals surface area contributed by atoms with Crippen molar-refractivity contribution in [3.8, 4) is 0 Å². The third-order valence-electron chi connectivity index (χ3n) is 4.27. The van der Waals surface area contributed by atoms with E-state index in [1.54, 1.807) is 0 Å². The van der Waals surface area contributed by atoms with Crippen molar-refractivity contribution in [1.29, 1.82) is 0 Å². The van der Waals surface area contributed by atoms with Gasteiger partial charge in [0.05, 0.1) is 13.0 Å². The molecule has 18 heavy (non-hydrogen) atoms. The van der Waals surface area contributed by atoms with E-state index in [2.05, 4.69) is 9.80 Å². The quantitative estimate of drug-likeness (QED) is 0.694. The van der Waals surface area contributed by atoms with Crippen LogP contribution in [0.1, 0.15) is 32.1 Å². The van der Waals surface area contributed by atoms with Gasteiger partial charge in [0.25, 0.3) is 0 Å². The molecule has 4 nitrogen and oxygen atoms in total. The molecule has 2 fully saturated rings. The predicted octanol–water partition coefficient (Wildman–Crippen LogP) is 1.36. The summed E-state index contributed by atoms with van der Waals surface area (Å²) in [6.45, 7) is 7.13. The molecule has 0 amide bonds. The minimum atomic E-state index is -0.0216. The minimum absolute atomic E-state index is 0.0216. The molecule has 0 aliphatic carbocycles. The van der Waals surface area contributed by atoms with Crippen molar-refractivity contribution in [3.63, 3.8) is 0 Å². The van der Waals surface area contributed by atoms with Gasteiger partial charge in [-0.2, -0.15) is 0 Å². The van der Waals surface area contributed by atoms with Gasteiger partial charge in [-0.25, -0.2) is 0 Å². The summed E-state index contributed by atoms with van der Waals surface area (Å²) in [5, 5.41) is 0. The Balaban J connectivity index is 1.57. The van der Waals surface area contributed by atoms with Crippen LogP contribution in [0.15, 0.2) is 0 Å². The Hall–Kier alpha value is -0.610. The largest absolute Gasteiger partial charge is 0.469 e. The Bertz CT molecular complexity index is 257. The Morgan fingerprint density at radius 3 is 2.17 bits per heavy atom. The number of esters is 1. The van der Waals surface area contributed by atoms with Crippen molar-refractivity contribution in [2.75, 3.05) is 46.4 Å². The van der Waals surface area contributed by atoms with E-state index >= 15 is 0 Å². The van der Waals surface area contributed by atoms with Gasteiger partial charge in [0.1, 0.15) is 0 Å². The fourth-order valence-corrected chi connectivity index (χ4v) is 3.08. The SMILES string of the molecule is COC(=O)C1CCN(CCCN2CCCC2)CC1. The maximum atomic E-state index is 11.4. The molecule has 0 N–H and O–H groups in total. The summed E-state index contributed by atoms with van der Waals surface area (Å²) in [5.74, 6) is 0.122. The van der Waals surface area contributed by atoms with Crippen LogP contribution >= 0.6 is 0 Å². The average molecular weight is 254 g/mol. The van der Waals surface area contributed by atoms with Crippen LogP contribution in [0.25, 0.3) is 0 Å². The first-order chi connectivity index (χ1) is 8.79. The highest BCUT2D eigenvalue weighted by atomic mass is 16.5. The van der Waals surface area contributed by atoms with Crippen molar-refractivity contribution < 1.29 is 9.53 Å². The molecule has 0 spiro atoms. The summed E-state index contributed by atoms with van der Waals surface area (Å²) in [6, 6.07) is 0. The van der Waals surface area contributed by atoms with Crippen LogP contribution in [0.3, 0.4) is 0 Å². The molecule has 0 unspecified atom stereocenters. The van der Waals surface area contributed by atoms with E-state index in [-0.39, 0.29) is 11.9 Å². The highest BCUT2D eigenvalue weighted by Crippen LogP contribution is 2.18. The summed E-state index contributed by atoms with van der Waals surface area (Å²) in [5.41, 5.74) is 0. The van der Waals surface area contributed by atoms with Crippen molar-refractivity contribution >= 4 is 5.97 Å². The van der Waals surface area contributed by atoms with E-state index in [1.807, 2.05) is 0 Å². The van der Waals surface area contributed by atoms with Gasteiger partial charge in [-0.3, -0.25) is 4.79 Å². The van der Waals surface area contributed by atoms with Crippen molar-refractivity contribution in [1.82, 2.24) is 9.80 Å². The second kappa shape index (κ2) is 7.10.